The van der Waals surface area contributed by atoms with Crippen LogP contribution in [0.2, 0.25) is 0 Å². The zero-order valence-electron chi connectivity index (χ0n) is 7.76. The van der Waals surface area contributed by atoms with E-state index >= 15 is 0 Å². The molecule has 0 radical (unpaired) electrons. The summed E-state index contributed by atoms with van der Waals surface area (Å²) in [6.45, 7) is 9.89. The van der Waals surface area contributed by atoms with Gasteiger partial charge in [0.2, 0.25) is 0 Å². The monoisotopic (exact) mass is 144 g/mol. The first-order valence-electron chi connectivity index (χ1n) is 3.84. The maximum atomic E-state index is 7.97. The van der Waals surface area contributed by atoms with E-state index in [1.54, 1.807) is 12.2 Å². The summed E-state index contributed by atoms with van der Waals surface area (Å²) in [5, 5.41) is 7.97. The van der Waals surface area contributed by atoms with Crippen LogP contribution in [0.4, 0.5) is 0 Å². The van der Waals surface area contributed by atoms with Crippen molar-refractivity contribution in [3.63, 3.8) is 0 Å². The molecular formula is C9H20O. The Morgan fingerprint density at radius 1 is 0.900 bits per heavy atom. The largest absolute Gasteiger partial charge is 0.516 e. The van der Waals surface area contributed by atoms with Gasteiger partial charge in [0.05, 0.1) is 6.26 Å². The van der Waals surface area contributed by atoms with Crippen LogP contribution in [0, 0.1) is 0 Å². The lowest BCUT2D eigenvalue weighted by Crippen LogP contribution is -1.44. The second-order valence-corrected chi connectivity index (χ2v) is 0.867. The Balaban J connectivity index is -0.000000105. The number of aliphatic hydroxyl groups is 1. The molecule has 0 amide bonds. The van der Waals surface area contributed by atoms with Crippen molar-refractivity contribution in [2.24, 2.45) is 0 Å². The minimum Gasteiger partial charge on any atom is -0.516 e. The van der Waals surface area contributed by atoms with Crippen molar-refractivity contribution in [2.75, 3.05) is 0 Å². The smallest absolute Gasteiger partial charge is 0.0791 e. The molecule has 0 spiro atoms. The van der Waals surface area contributed by atoms with Gasteiger partial charge >= 0.3 is 0 Å². The third-order valence-electron chi connectivity index (χ3n) is 0.390. The summed E-state index contributed by atoms with van der Waals surface area (Å²) in [7, 11) is 0. The molecule has 0 unspecified atom stereocenters. The molecule has 1 nitrogen and oxygen atoms in total. The molecule has 1 N–H and O–H groups in total. The van der Waals surface area contributed by atoms with Crippen molar-refractivity contribution >= 4 is 0 Å². The van der Waals surface area contributed by atoms with Gasteiger partial charge in [-0.15, -0.1) is 0 Å². The Hall–Kier alpha value is -0.720. The van der Waals surface area contributed by atoms with Crippen molar-refractivity contribution in [3.8, 4) is 0 Å². The summed E-state index contributed by atoms with van der Waals surface area (Å²) < 4.78 is 0. The molecular weight excluding hydrogens is 124 g/mol. The van der Waals surface area contributed by atoms with Crippen LogP contribution in [0.5, 0.6) is 0 Å². The van der Waals surface area contributed by atoms with Gasteiger partial charge in [-0.3, -0.25) is 0 Å². The predicted octanol–water partition coefficient (Wildman–Crippen LogP) is 3.69. The molecule has 0 fully saturated rings. The van der Waals surface area contributed by atoms with Crippen LogP contribution in [0.1, 0.15) is 34.6 Å². The molecule has 0 aliphatic carbocycles. The van der Waals surface area contributed by atoms with Crippen molar-refractivity contribution in [2.45, 2.75) is 34.6 Å². The van der Waals surface area contributed by atoms with Crippen LogP contribution in [-0.2, 0) is 0 Å². The third-order valence-corrected chi connectivity index (χ3v) is 0.390. The van der Waals surface area contributed by atoms with Gasteiger partial charge in [-0.1, -0.05) is 39.8 Å². The van der Waals surface area contributed by atoms with Crippen LogP contribution in [0.15, 0.2) is 24.5 Å². The Morgan fingerprint density at radius 2 is 1.30 bits per heavy atom. The average molecular weight is 144 g/mol. The standard InChI is InChI=1S/C5H8O.2C2H6/c1-2-3-4-5-6;2*1-2/h2-6H,1H3;2*1-2H3/b3-2+,5-4+;;. The fourth-order valence-corrected chi connectivity index (χ4v) is 0.161. The van der Waals surface area contributed by atoms with Gasteiger partial charge < -0.3 is 5.11 Å². The van der Waals surface area contributed by atoms with Crippen molar-refractivity contribution < 1.29 is 5.11 Å². The first-order valence-corrected chi connectivity index (χ1v) is 3.84. The molecule has 0 aliphatic rings. The Labute approximate surface area is 65.1 Å². The second-order valence-electron chi connectivity index (χ2n) is 0.867. The highest BCUT2D eigenvalue weighted by atomic mass is 16.2. The van der Waals surface area contributed by atoms with Gasteiger partial charge in [0.25, 0.3) is 0 Å². The summed E-state index contributed by atoms with van der Waals surface area (Å²) in [5.41, 5.74) is 0. The van der Waals surface area contributed by atoms with E-state index in [0.717, 1.165) is 6.26 Å². The third kappa shape index (κ3) is 55.2. The molecule has 10 heavy (non-hydrogen) atoms. The van der Waals surface area contributed by atoms with Crippen LogP contribution >= 0.6 is 0 Å². The molecule has 0 bridgehead atoms. The Morgan fingerprint density at radius 3 is 1.40 bits per heavy atom. The van der Waals surface area contributed by atoms with E-state index in [2.05, 4.69) is 0 Å². The lowest BCUT2D eigenvalue weighted by atomic mass is 10.5. The van der Waals surface area contributed by atoms with E-state index in [1.165, 1.54) is 0 Å². The number of aliphatic hydroxyl groups excluding tert-OH is 1. The zero-order chi connectivity index (χ0) is 8.83. The van der Waals surface area contributed by atoms with Crippen molar-refractivity contribution in [1.82, 2.24) is 0 Å². The first kappa shape index (κ1) is 16.1. The Bertz CT molecular complexity index is 53.1. The first-order chi connectivity index (χ1) is 4.91. The summed E-state index contributed by atoms with van der Waals surface area (Å²) >= 11 is 0. The number of rotatable bonds is 1. The highest BCUT2D eigenvalue weighted by Gasteiger charge is 1.50. The van der Waals surface area contributed by atoms with Crippen LogP contribution in [0.3, 0.4) is 0 Å². The minimum atomic E-state index is 1.00. The van der Waals surface area contributed by atoms with E-state index in [1.807, 2.05) is 40.7 Å². The van der Waals surface area contributed by atoms with Crippen LogP contribution in [-0.4, -0.2) is 5.11 Å². The lowest BCUT2D eigenvalue weighted by molar-refractivity contribution is 0.473. The maximum Gasteiger partial charge on any atom is 0.0791 e. The SMILES string of the molecule is C/C=C/C=C/O.CC.CC. The van der Waals surface area contributed by atoms with Gasteiger partial charge in [-0.25, -0.2) is 0 Å². The maximum absolute atomic E-state index is 7.97. The second kappa shape index (κ2) is 40.8. The number of allylic oxidation sites excluding steroid dienone is 3. The average Bonchev–Trinajstić information content (AvgIpc) is 2.08. The van der Waals surface area contributed by atoms with E-state index < -0.39 is 0 Å². The molecule has 62 valence electrons. The molecule has 0 aliphatic heterocycles. The highest BCUT2D eigenvalue weighted by Crippen LogP contribution is 1.69. The quantitative estimate of drug-likeness (QED) is 0.439. The topological polar surface area (TPSA) is 20.2 Å². The molecule has 0 aromatic heterocycles. The fraction of sp³-hybridized carbons (Fsp3) is 0.556. The normalized spacial score (nSPS) is 8.10. The fourth-order valence-electron chi connectivity index (χ4n) is 0.161. The molecule has 0 saturated carbocycles. The summed E-state index contributed by atoms with van der Waals surface area (Å²) in [5.74, 6) is 0. The highest BCUT2D eigenvalue weighted by molar-refractivity contribution is 4.96. The van der Waals surface area contributed by atoms with E-state index in [-0.39, 0.29) is 0 Å². The van der Waals surface area contributed by atoms with Gasteiger partial charge in [0, 0.05) is 0 Å². The van der Waals surface area contributed by atoms with Gasteiger partial charge in [-0.05, 0) is 13.0 Å². The van der Waals surface area contributed by atoms with E-state index in [9.17, 15) is 0 Å². The predicted molar refractivity (Wildman–Crippen MR) is 49.3 cm³/mol. The molecule has 0 saturated heterocycles. The van der Waals surface area contributed by atoms with Crippen LogP contribution in [0.25, 0.3) is 0 Å². The van der Waals surface area contributed by atoms with Gasteiger partial charge in [0.15, 0.2) is 0 Å². The van der Waals surface area contributed by atoms with Crippen molar-refractivity contribution in [1.29, 1.82) is 0 Å². The molecule has 0 heterocycles. The zero-order valence-corrected chi connectivity index (χ0v) is 7.76. The molecule has 0 aromatic carbocycles. The lowest BCUT2D eigenvalue weighted by Gasteiger charge is -1.63. The summed E-state index contributed by atoms with van der Waals surface area (Å²) in [6.07, 6.45) is 6.15. The molecule has 0 aromatic rings. The van der Waals surface area contributed by atoms with Crippen LogP contribution < -0.4 is 0 Å². The van der Waals surface area contributed by atoms with Gasteiger partial charge in [-0.2, -0.15) is 0 Å². The van der Waals surface area contributed by atoms with Gasteiger partial charge in [0.1, 0.15) is 0 Å². The Kier molecular flexibility index (Phi) is 65.8. The summed E-state index contributed by atoms with van der Waals surface area (Å²) in [4.78, 5) is 0. The van der Waals surface area contributed by atoms with E-state index in [4.69, 9.17) is 5.11 Å². The molecule has 0 rings (SSSR count). The van der Waals surface area contributed by atoms with Crippen molar-refractivity contribution in [3.05, 3.63) is 24.5 Å². The molecule has 1 heteroatoms. The summed E-state index contributed by atoms with van der Waals surface area (Å²) in [6, 6.07) is 0. The molecule has 0 atom stereocenters. The number of hydrogen-bond donors (Lipinski definition) is 1. The van der Waals surface area contributed by atoms with E-state index in [0.29, 0.717) is 0 Å². The number of hydrogen-bond acceptors (Lipinski definition) is 1. The minimum absolute atomic E-state index is 1.00.